The lowest BCUT2D eigenvalue weighted by atomic mass is 9.86. The highest BCUT2D eigenvalue weighted by Crippen LogP contribution is 2.43. The summed E-state index contributed by atoms with van der Waals surface area (Å²) >= 11 is 0. The summed E-state index contributed by atoms with van der Waals surface area (Å²) in [5, 5.41) is 3.31. The fourth-order valence-electron chi connectivity index (χ4n) is 2.74. The van der Waals surface area contributed by atoms with Gasteiger partial charge in [0.15, 0.2) is 11.5 Å². The summed E-state index contributed by atoms with van der Waals surface area (Å²) in [4.78, 5) is 0. The monoisotopic (exact) mass is 255 g/mol. The van der Waals surface area contributed by atoms with Crippen LogP contribution in [-0.2, 0) is 5.54 Å². The molecular weight excluding hydrogens is 240 g/mol. The molecule has 0 aromatic heterocycles. The number of nitrogens with one attached hydrogen (secondary N) is 1. The predicted molar refractivity (Wildman–Crippen MR) is 62.1 cm³/mol. The van der Waals surface area contributed by atoms with E-state index in [4.69, 9.17) is 9.47 Å². The van der Waals surface area contributed by atoms with E-state index in [1.807, 2.05) is 6.92 Å². The van der Waals surface area contributed by atoms with Crippen molar-refractivity contribution in [1.82, 2.24) is 5.32 Å². The molecule has 1 N–H and O–H groups in total. The van der Waals surface area contributed by atoms with E-state index in [9.17, 15) is 8.78 Å². The Hall–Kier alpha value is -1.36. The van der Waals surface area contributed by atoms with Gasteiger partial charge < -0.3 is 14.8 Å². The van der Waals surface area contributed by atoms with Gasteiger partial charge in [0.2, 0.25) is 6.79 Å². The molecule has 0 spiro atoms. The maximum atomic E-state index is 13.2. The Morgan fingerprint density at radius 2 is 2.00 bits per heavy atom. The summed E-state index contributed by atoms with van der Waals surface area (Å²) in [6.45, 7) is 2.92. The van der Waals surface area contributed by atoms with Gasteiger partial charge in [-0.3, -0.25) is 0 Å². The van der Waals surface area contributed by atoms with Crippen LogP contribution in [0, 0.1) is 0 Å². The lowest BCUT2D eigenvalue weighted by Gasteiger charge is -2.27. The van der Waals surface area contributed by atoms with Crippen molar-refractivity contribution in [3.63, 3.8) is 0 Å². The summed E-state index contributed by atoms with van der Waals surface area (Å²) in [6, 6.07) is 3.11. The van der Waals surface area contributed by atoms with Crippen molar-refractivity contribution in [2.75, 3.05) is 13.3 Å². The van der Waals surface area contributed by atoms with Crippen LogP contribution in [0.5, 0.6) is 11.5 Å². The van der Waals surface area contributed by atoms with Crippen molar-refractivity contribution in [2.24, 2.45) is 0 Å². The quantitative estimate of drug-likeness (QED) is 0.881. The Morgan fingerprint density at radius 1 is 1.28 bits per heavy atom. The van der Waals surface area contributed by atoms with Gasteiger partial charge in [0.05, 0.1) is 0 Å². The normalized spacial score (nSPS) is 26.0. The zero-order valence-electron chi connectivity index (χ0n) is 10.1. The lowest BCUT2D eigenvalue weighted by Crippen LogP contribution is -2.34. The number of fused-ring (bicyclic) bond motifs is 1. The van der Waals surface area contributed by atoms with Crippen LogP contribution in [0.4, 0.5) is 8.78 Å². The minimum absolute atomic E-state index is 0.0381. The standard InChI is InChI=1S/C13H15F2NO2/c1-13(3-2-4-16-13)9-6-11-10(17-7-18-11)5-8(9)12(14)15/h5-6,12,16H,2-4,7H2,1H3. The Labute approximate surface area is 104 Å². The third-order valence-corrected chi connectivity index (χ3v) is 3.74. The van der Waals surface area contributed by atoms with Crippen LogP contribution in [0.15, 0.2) is 12.1 Å². The molecular formula is C13H15F2NO2. The van der Waals surface area contributed by atoms with Crippen LogP contribution in [0.25, 0.3) is 0 Å². The van der Waals surface area contributed by atoms with Crippen molar-refractivity contribution >= 4 is 0 Å². The molecule has 3 rings (SSSR count). The number of rotatable bonds is 2. The SMILES string of the molecule is CC1(c2cc3c(cc2C(F)F)OCO3)CCCN1. The van der Waals surface area contributed by atoms with Crippen LogP contribution in [0.2, 0.25) is 0 Å². The molecule has 0 saturated carbocycles. The smallest absolute Gasteiger partial charge is 0.264 e. The molecule has 2 aliphatic rings. The number of hydrogen-bond acceptors (Lipinski definition) is 3. The van der Waals surface area contributed by atoms with Gasteiger partial charge in [-0.15, -0.1) is 0 Å². The number of ether oxygens (including phenoxy) is 2. The molecule has 1 saturated heterocycles. The van der Waals surface area contributed by atoms with Crippen molar-refractivity contribution in [1.29, 1.82) is 0 Å². The average Bonchev–Trinajstić information content (AvgIpc) is 2.95. The lowest BCUT2D eigenvalue weighted by molar-refractivity contribution is 0.147. The van der Waals surface area contributed by atoms with E-state index in [0.717, 1.165) is 19.4 Å². The van der Waals surface area contributed by atoms with Gasteiger partial charge in [-0.2, -0.15) is 0 Å². The van der Waals surface area contributed by atoms with E-state index in [1.165, 1.54) is 6.07 Å². The molecule has 2 heterocycles. The first-order chi connectivity index (χ1) is 8.60. The van der Waals surface area contributed by atoms with Gasteiger partial charge in [-0.25, -0.2) is 8.78 Å². The average molecular weight is 255 g/mol. The molecule has 1 fully saturated rings. The predicted octanol–water partition coefficient (Wildman–Crippen LogP) is 2.95. The molecule has 0 radical (unpaired) electrons. The maximum absolute atomic E-state index is 13.2. The molecule has 2 aliphatic heterocycles. The molecule has 5 heteroatoms. The molecule has 98 valence electrons. The van der Waals surface area contributed by atoms with Gasteiger partial charge in [0.1, 0.15) is 0 Å². The number of benzene rings is 1. The molecule has 1 aromatic rings. The molecule has 0 aliphatic carbocycles. The largest absolute Gasteiger partial charge is 0.454 e. The Morgan fingerprint density at radius 3 is 2.61 bits per heavy atom. The molecule has 0 bridgehead atoms. The van der Waals surface area contributed by atoms with Gasteiger partial charge in [0, 0.05) is 11.1 Å². The van der Waals surface area contributed by atoms with Crippen LogP contribution in [-0.4, -0.2) is 13.3 Å². The minimum Gasteiger partial charge on any atom is -0.454 e. The van der Waals surface area contributed by atoms with E-state index in [1.54, 1.807) is 6.07 Å². The van der Waals surface area contributed by atoms with Gasteiger partial charge in [-0.1, -0.05) is 0 Å². The zero-order valence-corrected chi connectivity index (χ0v) is 10.1. The number of hydrogen-bond donors (Lipinski definition) is 1. The summed E-state index contributed by atoms with van der Waals surface area (Å²) in [6.07, 6.45) is -0.659. The van der Waals surface area contributed by atoms with E-state index in [2.05, 4.69) is 5.32 Å². The Balaban J connectivity index is 2.12. The maximum Gasteiger partial charge on any atom is 0.264 e. The third kappa shape index (κ3) is 1.73. The van der Waals surface area contributed by atoms with Crippen LogP contribution < -0.4 is 14.8 Å². The van der Waals surface area contributed by atoms with E-state index >= 15 is 0 Å². The molecule has 18 heavy (non-hydrogen) atoms. The van der Waals surface area contributed by atoms with Gasteiger partial charge in [-0.05, 0) is 44.0 Å². The molecule has 3 nitrogen and oxygen atoms in total. The van der Waals surface area contributed by atoms with Crippen molar-refractivity contribution in [2.45, 2.75) is 31.7 Å². The fraction of sp³-hybridized carbons (Fsp3) is 0.538. The van der Waals surface area contributed by atoms with Crippen molar-refractivity contribution < 1.29 is 18.3 Å². The van der Waals surface area contributed by atoms with E-state index < -0.39 is 12.0 Å². The zero-order chi connectivity index (χ0) is 12.8. The second-order valence-corrected chi connectivity index (χ2v) is 4.96. The van der Waals surface area contributed by atoms with Crippen LogP contribution >= 0.6 is 0 Å². The van der Waals surface area contributed by atoms with Crippen molar-refractivity contribution in [3.05, 3.63) is 23.3 Å². The van der Waals surface area contributed by atoms with Crippen molar-refractivity contribution in [3.8, 4) is 11.5 Å². The Bertz CT molecular complexity index is 470. The van der Waals surface area contributed by atoms with E-state index in [-0.39, 0.29) is 12.4 Å². The third-order valence-electron chi connectivity index (χ3n) is 3.74. The molecule has 1 atom stereocenters. The highest BCUT2D eigenvalue weighted by atomic mass is 19.3. The van der Waals surface area contributed by atoms with Crippen LogP contribution in [0.1, 0.15) is 37.3 Å². The molecule has 1 aromatic carbocycles. The highest BCUT2D eigenvalue weighted by molar-refractivity contribution is 5.51. The van der Waals surface area contributed by atoms with E-state index in [0.29, 0.717) is 17.1 Å². The second kappa shape index (κ2) is 4.09. The fourth-order valence-corrected chi connectivity index (χ4v) is 2.74. The topological polar surface area (TPSA) is 30.5 Å². The summed E-state index contributed by atoms with van der Waals surface area (Å²) in [5.41, 5.74) is 0.266. The first-order valence-electron chi connectivity index (χ1n) is 6.07. The summed E-state index contributed by atoms with van der Waals surface area (Å²) < 4.78 is 36.8. The van der Waals surface area contributed by atoms with Crippen LogP contribution in [0.3, 0.4) is 0 Å². The first-order valence-corrected chi connectivity index (χ1v) is 6.07. The summed E-state index contributed by atoms with van der Waals surface area (Å²) in [5.74, 6) is 0.972. The minimum atomic E-state index is -2.51. The highest BCUT2D eigenvalue weighted by Gasteiger charge is 2.35. The number of alkyl halides is 2. The number of halogens is 2. The Kier molecular flexibility index (Phi) is 2.66. The molecule has 0 amide bonds. The van der Waals surface area contributed by atoms with Gasteiger partial charge >= 0.3 is 0 Å². The van der Waals surface area contributed by atoms with Gasteiger partial charge in [0.25, 0.3) is 6.43 Å². The molecule has 1 unspecified atom stereocenters. The summed E-state index contributed by atoms with van der Waals surface area (Å²) in [7, 11) is 0. The second-order valence-electron chi connectivity index (χ2n) is 4.96. The first kappa shape index (κ1) is 11.7.